The third-order valence-electron chi connectivity index (χ3n) is 2.17. The van der Waals surface area contributed by atoms with Gasteiger partial charge < -0.3 is 10.3 Å². The molecule has 0 saturated heterocycles. The normalized spacial score (nSPS) is 28.6. The fourth-order valence-corrected chi connectivity index (χ4v) is 1.53. The molecule has 2 rings (SSSR count). The highest BCUT2D eigenvalue weighted by molar-refractivity contribution is 5.45. The summed E-state index contributed by atoms with van der Waals surface area (Å²) < 4.78 is 0. The first kappa shape index (κ1) is 7.77. The molecule has 1 aliphatic heterocycles. The molecule has 1 aliphatic carbocycles. The quantitative estimate of drug-likeness (QED) is 0.518. The zero-order valence-corrected chi connectivity index (χ0v) is 6.84. The molecule has 0 aromatic rings. The van der Waals surface area contributed by atoms with Crippen LogP contribution >= 0.6 is 0 Å². The zero-order chi connectivity index (χ0) is 8.39. The number of hydrogen-bond acceptors (Lipinski definition) is 1. The number of allylic oxidation sites excluding steroid dienone is 5. The third kappa shape index (κ3) is 1.49. The molecule has 62 valence electrons. The number of fused-ring (bicyclic) bond motifs is 1. The van der Waals surface area contributed by atoms with Gasteiger partial charge in [-0.25, -0.2) is 0 Å². The molecular weight excluding hydrogens is 150 g/mol. The molecule has 2 radical (unpaired) electrons. The van der Waals surface area contributed by atoms with Crippen LogP contribution in [0.15, 0.2) is 35.6 Å². The summed E-state index contributed by atoms with van der Waals surface area (Å²) in [5, 5.41) is 11.4. The van der Waals surface area contributed by atoms with E-state index in [2.05, 4.69) is 6.42 Å². The molecule has 2 aliphatic rings. The Hall–Kier alpha value is -0.860. The molecular formula is C10H11NO. The maximum absolute atomic E-state index is 11.2. The molecule has 2 heteroatoms. The van der Waals surface area contributed by atoms with Crippen molar-refractivity contribution in [1.82, 2.24) is 0 Å². The Morgan fingerprint density at radius 3 is 3.33 bits per heavy atom. The fourth-order valence-electron chi connectivity index (χ4n) is 1.53. The van der Waals surface area contributed by atoms with Gasteiger partial charge in [-0.2, -0.15) is 0 Å². The molecule has 0 spiro atoms. The summed E-state index contributed by atoms with van der Waals surface area (Å²) in [5.41, 5.74) is 2.33. The van der Waals surface area contributed by atoms with E-state index < -0.39 is 0 Å². The number of hydroxylamine groups is 2. The van der Waals surface area contributed by atoms with Gasteiger partial charge in [0.05, 0.1) is 6.54 Å². The third-order valence-corrected chi connectivity index (χ3v) is 2.17. The van der Waals surface area contributed by atoms with Gasteiger partial charge >= 0.3 is 0 Å². The van der Waals surface area contributed by atoms with E-state index in [1.165, 1.54) is 5.57 Å². The molecule has 1 unspecified atom stereocenters. The van der Waals surface area contributed by atoms with Gasteiger partial charge in [-0.3, -0.25) is 0 Å². The smallest absolute Gasteiger partial charge is 0.102 e. The summed E-state index contributed by atoms with van der Waals surface area (Å²) in [4.78, 5) is 0. The predicted molar refractivity (Wildman–Crippen MR) is 47.0 cm³/mol. The van der Waals surface area contributed by atoms with Crippen molar-refractivity contribution < 1.29 is 5.06 Å². The van der Waals surface area contributed by atoms with Gasteiger partial charge in [-0.05, 0) is 12.0 Å². The average Bonchev–Trinajstić information content (AvgIpc) is 2.25. The van der Waals surface area contributed by atoms with Crippen LogP contribution in [-0.4, -0.2) is 6.54 Å². The summed E-state index contributed by atoms with van der Waals surface area (Å²) in [5.74, 6) is 0. The van der Waals surface area contributed by atoms with Crippen molar-refractivity contribution in [1.29, 1.82) is 0 Å². The van der Waals surface area contributed by atoms with Gasteiger partial charge in [0.25, 0.3) is 0 Å². The molecule has 2 nitrogen and oxygen atoms in total. The lowest BCUT2D eigenvalue weighted by Crippen LogP contribution is -3.02. The van der Waals surface area contributed by atoms with Crippen LogP contribution in [0.25, 0.3) is 0 Å². The van der Waals surface area contributed by atoms with Crippen molar-refractivity contribution in [2.45, 2.75) is 12.8 Å². The number of quaternary nitrogens is 1. The second-order valence-corrected chi connectivity index (χ2v) is 3.09. The molecule has 1 heterocycles. The van der Waals surface area contributed by atoms with Crippen LogP contribution in [0.1, 0.15) is 12.8 Å². The number of hydrogen-bond donors (Lipinski definition) is 1. The van der Waals surface area contributed by atoms with E-state index in [9.17, 15) is 5.21 Å². The minimum absolute atomic E-state index is 0.250. The molecule has 12 heavy (non-hydrogen) atoms. The topological polar surface area (TPSA) is 27.5 Å². The molecule has 0 saturated carbocycles. The van der Waals surface area contributed by atoms with E-state index in [-0.39, 0.29) is 5.06 Å². The zero-order valence-electron chi connectivity index (χ0n) is 6.84. The Kier molecular flexibility index (Phi) is 2.11. The van der Waals surface area contributed by atoms with Crippen LogP contribution in [0.2, 0.25) is 0 Å². The van der Waals surface area contributed by atoms with Crippen molar-refractivity contribution in [3.63, 3.8) is 0 Å². The molecule has 0 aromatic heterocycles. The number of nitrogens with one attached hydrogen (secondary N) is 1. The molecule has 0 amide bonds. The van der Waals surface area contributed by atoms with Gasteiger partial charge in [0.15, 0.2) is 0 Å². The van der Waals surface area contributed by atoms with Gasteiger partial charge in [0, 0.05) is 18.4 Å². The summed E-state index contributed by atoms with van der Waals surface area (Å²) in [7, 11) is 0. The lowest BCUT2D eigenvalue weighted by atomic mass is 9.97. The van der Waals surface area contributed by atoms with E-state index in [1.807, 2.05) is 18.2 Å². The van der Waals surface area contributed by atoms with Crippen molar-refractivity contribution in [2.24, 2.45) is 0 Å². The van der Waals surface area contributed by atoms with Crippen LogP contribution in [0.4, 0.5) is 0 Å². The predicted octanol–water partition coefficient (Wildman–Crippen LogP) is 0.624. The van der Waals surface area contributed by atoms with Crippen molar-refractivity contribution in [3.05, 3.63) is 47.2 Å². The van der Waals surface area contributed by atoms with Crippen LogP contribution < -0.4 is 5.06 Å². The first-order chi connectivity index (χ1) is 5.86. The summed E-state index contributed by atoms with van der Waals surface area (Å²) in [6.45, 7) is 0.689. The second kappa shape index (κ2) is 3.25. The average molecular weight is 161 g/mol. The van der Waals surface area contributed by atoms with Crippen LogP contribution in [0.5, 0.6) is 0 Å². The van der Waals surface area contributed by atoms with E-state index >= 15 is 0 Å². The lowest BCUT2D eigenvalue weighted by Gasteiger charge is -2.15. The summed E-state index contributed by atoms with van der Waals surface area (Å²) >= 11 is 0. The first-order valence-corrected chi connectivity index (χ1v) is 4.23. The monoisotopic (exact) mass is 161 g/mol. The lowest BCUT2D eigenvalue weighted by molar-refractivity contribution is -0.791. The Bertz CT molecular complexity index is 263. The maximum Gasteiger partial charge on any atom is 0.102 e. The minimum Gasteiger partial charge on any atom is -0.629 e. The van der Waals surface area contributed by atoms with Crippen LogP contribution in [-0.2, 0) is 0 Å². The Morgan fingerprint density at radius 1 is 1.50 bits per heavy atom. The van der Waals surface area contributed by atoms with E-state index in [0.717, 1.165) is 18.4 Å². The first-order valence-electron chi connectivity index (χ1n) is 4.23. The van der Waals surface area contributed by atoms with Crippen molar-refractivity contribution >= 4 is 0 Å². The number of rotatable bonds is 0. The molecule has 0 bridgehead atoms. The van der Waals surface area contributed by atoms with Crippen molar-refractivity contribution in [3.8, 4) is 0 Å². The van der Waals surface area contributed by atoms with Crippen LogP contribution in [0.3, 0.4) is 0 Å². The maximum atomic E-state index is 11.2. The molecule has 0 aromatic carbocycles. The standard InChI is InChI=1S/C10H11NO/c12-11-7-3-6-9-4-1-2-5-10(9)8-11/h2,4-5,8,11H,3,6-7H2. The SMILES string of the molecule is [O-][NH+]1C=C2C=C[C]C=C2CCC1. The summed E-state index contributed by atoms with van der Waals surface area (Å²) in [6, 6.07) is 0. The largest absolute Gasteiger partial charge is 0.629 e. The second-order valence-electron chi connectivity index (χ2n) is 3.09. The fraction of sp³-hybridized carbons (Fsp3) is 0.300. The minimum atomic E-state index is 0.250. The van der Waals surface area contributed by atoms with Gasteiger partial charge in [0.2, 0.25) is 0 Å². The molecule has 1 N–H and O–H groups in total. The van der Waals surface area contributed by atoms with Crippen molar-refractivity contribution in [2.75, 3.05) is 6.54 Å². The van der Waals surface area contributed by atoms with Gasteiger partial charge in [-0.1, -0.05) is 18.2 Å². The molecule has 1 atom stereocenters. The summed E-state index contributed by atoms with van der Waals surface area (Å²) in [6.07, 6.45) is 12.5. The Balaban J connectivity index is 2.28. The van der Waals surface area contributed by atoms with E-state index in [1.54, 1.807) is 6.20 Å². The van der Waals surface area contributed by atoms with E-state index in [0.29, 0.717) is 6.54 Å². The van der Waals surface area contributed by atoms with E-state index in [4.69, 9.17) is 0 Å². The molecule has 0 fully saturated rings. The Labute approximate surface area is 72.5 Å². The highest BCUT2D eigenvalue weighted by Gasteiger charge is 2.12. The van der Waals surface area contributed by atoms with Gasteiger partial charge in [-0.15, -0.1) is 0 Å². The highest BCUT2D eigenvalue weighted by Crippen LogP contribution is 2.21. The van der Waals surface area contributed by atoms with Crippen LogP contribution in [0, 0.1) is 11.6 Å². The Morgan fingerprint density at radius 2 is 2.42 bits per heavy atom. The highest BCUT2D eigenvalue weighted by atomic mass is 16.5. The van der Waals surface area contributed by atoms with Gasteiger partial charge in [0.1, 0.15) is 6.20 Å².